The van der Waals surface area contributed by atoms with Crippen molar-refractivity contribution in [2.24, 2.45) is 0 Å². The molecule has 1 saturated heterocycles. The van der Waals surface area contributed by atoms with Gasteiger partial charge in [-0.1, -0.05) is 24.3 Å². The number of likely N-dealkylation sites (tertiary alicyclic amines) is 1. The second-order valence-corrected chi connectivity index (χ2v) is 8.37. The Morgan fingerprint density at radius 1 is 1.06 bits per heavy atom. The number of likely N-dealkylation sites (N-methyl/N-ethyl adjacent to an activating group) is 1. The van der Waals surface area contributed by atoms with Crippen molar-refractivity contribution in [3.63, 3.8) is 0 Å². The Kier molecular flexibility index (Phi) is 9.84. The van der Waals surface area contributed by atoms with Crippen LogP contribution in [0.3, 0.4) is 0 Å². The molecule has 1 fully saturated rings. The third-order valence-electron chi connectivity index (χ3n) is 5.49. The highest BCUT2D eigenvalue weighted by atomic mass is 16.5. The van der Waals surface area contributed by atoms with Crippen LogP contribution in [0, 0.1) is 0 Å². The first kappa shape index (κ1) is 24.9. The average molecular weight is 457 g/mol. The van der Waals surface area contributed by atoms with Crippen molar-refractivity contribution in [2.45, 2.75) is 38.8 Å². The first-order valence-electron chi connectivity index (χ1n) is 11.8. The fraction of sp³-hybridized carbons (Fsp3) is 0.500. The summed E-state index contributed by atoms with van der Waals surface area (Å²) in [6.07, 6.45) is 1.88. The highest BCUT2D eigenvalue weighted by molar-refractivity contribution is 5.77. The van der Waals surface area contributed by atoms with Crippen LogP contribution in [0.4, 0.5) is 0 Å². The number of hydrogen-bond acceptors (Lipinski definition) is 6. The monoisotopic (exact) mass is 456 g/mol. The van der Waals surface area contributed by atoms with Crippen molar-refractivity contribution >= 4 is 5.91 Å². The molecule has 1 aliphatic rings. The average Bonchev–Trinajstić information content (AvgIpc) is 3.22. The SMILES string of the molecule is CCOc1ccccc1OC[C@H](O)CN(C)Cc1ccc(OCCCN2CCCC2=O)cc1. The van der Waals surface area contributed by atoms with Gasteiger partial charge in [0.05, 0.1) is 13.2 Å². The normalized spacial score (nSPS) is 14.5. The van der Waals surface area contributed by atoms with Crippen molar-refractivity contribution in [1.29, 1.82) is 0 Å². The Labute approximate surface area is 196 Å². The molecule has 0 bridgehead atoms. The Morgan fingerprint density at radius 3 is 2.45 bits per heavy atom. The molecule has 7 heteroatoms. The van der Waals surface area contributed by atoms with Gasteiger partial charge < -0.3 is 24.2 Å². The number of aliphatic hydroxyl groups is 1. The molecule has 1 aliphatic heterocycles. The van der Waals surface area contributed by atoms with E-state index >= 15 is 0 Å². The number of nitrogens with zero attached hydrogens (tertiary/aromatic N) is 2. The predicted molar refractivity (Wildman–Crippen MR) is 128 cm³/mol. The molecule has 0 aliphatic carbocycles. The Balaban J connectivity index is 1.35. The van der Waals surface area contributed by atoms with Crippen molar-refractivity contribution in [3.8, 4) is 17.2 Å². The number of rotatable bonds is 14. The highest BCUT2D eigenvalue weighted by Gasteiger charge is 2.19. The van der Waals surface area contributed by atoms with Crippen molar-refractivity contribution < 1.29 is 24.1 Å². The lowest BCUT2D eigenvalue weighted by atomic mass is 10.2. The van der Waals surface area contributed by atoms with Gasteiger partial charge in [-0.25, -0.2) is 0 Å². The van der Waals surface area contributed by atoms with Crippen LogP contribution in [0.5, 0.6) is 17.2 Å². The fourth-order valence-electron chi connectivity index (χ4n) is 3.90. The second-order valence-electron chi connectivity index (χ2n) is 8.37. The molecule has 2 aromatic carbocycles. The van der Waals surface area contributed by atoms with Crippen molar-refractivity contribution in [1.82, 2.24) is 9.80 Å². The first-order chi connectivity index (χ1) is 16.0. The molecule has 7 nitrogen and oxygen atoms in total. The summed E-state index contributed by atoms with van der Waals surface area (Å²) in [6.45, 7) is 6.14. The number of carbonyl (C=O) groups is 1. The molecular formula is C26H36N2O5. The van der Waals surface area contributed by atoms with E-state index in [-0.39, 0.29) is 12.5 Å². The van der Waals surface area contributed by atoms with Gasteiger partial charge in [0, 0.05) is 32.6 Å². The van der Waals surface area contributed by atoms with Gasteiger partial charge >= 0.3 is 0 Å². The highest BCUT2D eigenvalue weighted by Crippen LogP contribution is 2.26. The summed E-state index contributed by atoms with van der Waals surface area (Å²) in [5.74, 6) is 2.42. The van der Waals surface area contributed by atoms with Crippen LogP contribution in [-0.2, 0) is 11.3 Å². The van der Waals surface area contributed by atoms with Gasteiger partial charge in [0.25, 0.3) is 0 Å². The van der Waals surface area contributed by atoms with Gasteiger partial charge in [-0.3, -0.25) is 9.69 Å². The maximum atomic E-state index is 11.6. The van der Waals surface area contributed by atoms with Crippen LogP contribution in [0.2, 0.25) is 0 Å². The zero-order valence-electron chi connectivity index (χ0n) is 19.7. The summed E-state index contributed by atoms with van der Waals surface area (Å²) >= 11 is 0. The number of para-hydroxylation sites is 2. The van der Waals surface area contributed by atoms with Gasteiger partial charge in [0.1, 0.15) is 18.5 Å². The summed E-state index contributed by atoms with van der Waals surface area (Å²) in [7, 11) is 1.97. The Morgan fingerprint density at radius 2 is 1.79 bits per heavy atom. The van der Waals surface area contributed by atoms with E-state index < -0.39 is 6.10 Å². The lowest BCUT2D eigenvalue weighted by molar-refractivity contribution is -0.127. The molecule has 33 heavy (non-hydrogen) atoms. The second kappa shape index (κ2) is 13.1. The first-order valence-corrected chi connectivity index (χ1v) is 11.8. The molecule has 1 amide bonds. The third kappa shape index (κ3) is 8.26. The molecule has 1 atom stereocenters. The van der Waals surface area contributed by atoms with Gasteiger partial charge in [-0.05, 0) is 56.6 Å². The van der Waals surface area contributed by atoms with E-state index in [4.69, 9.17) is 14.2 Å². The van der Waals surface area contributed by atoms with E-state index in [0.29, 0.717) is 44.2 Å². The van der Waals surface area contributed by atoms with Crippen LogP contribution in [0.15, 0.2) is 48.5 Å². The summed E-state index contributed by atoms with van der Waals surface area (Å²) < 4.78 is 17.1. The minimum absolute atomic E-state index is 0.199. The van der Waals surface area contributed by atoms with E-state index in [9.17, 15) is 9.90 Å². The zero-order chi connectivity index (χ0) is 23.5. The van der Waals surface area contributed by atoms with E-state index in [1.807, 2.05) is 67.4 Å². The largest absolute Gasteiger partial charge is 0.494 e. The minimum Gasteiger partial charge on any atom is -0.494 e. The molecule has 0 aromatic heterocycles. The van der Waals surface area contributed by atoms with Gasteiger partial charge in [-0.2, -0.15) is 0 Å². The number of amides is 1. The molecule has 1 heterocycles. The smallest absolute Gasteiger partial charge is 0.222 e. The standard InChI is InChI=1S/C26H36N2O5/c1-3-31-24-8-4-5-9-25(24)33-20-22(29)19-27(2)18-21-11-13-23(14-12-21)32-17-7-16-28-15-6-10-26(28)30/h4-5,8-9,11-14,22,29H,3,6-7,10,15-20H2,1-2H3/t22-/m1/s1. The van der Waals surface area contributed by atoms with Crippen LogP contribution < -0.4 is 14.2 Å². The third-order valence-corrected chi connectivity index (χ3v) is 5.49. The molecule has 180 valence electrons. The fourth-order valence-corrected chi connectivity index (χ4v) is 3.90. The summed E-state index contributed by atoms with van der Waals surface area (Å²) in [6, 6.07) is 15.5. The summed E-state index contributed by atoms with van der Waals surface area (Å²) in [5, 5.41) is 10.4. The number of hydrogen-bond donors (Lipinski definition) is 1. The summed E-state index contributed by atoms with van der Waals surface area (Å²) in [4.78, 5) is 15.6. The molecule has 0 unspecified atom stereocenters. The van der Waals surface area contributed by atoms with Crippen LogP contribution in [0.1, 0.15) is 31.7 Å². The lowest BCUT2D eigenvalue weighted by Gasteiger charge is -2.21. The molecule has 3 rings (SSSR count). The van der Waals surface area contributed by atoms with Gasteiger partial charge in [-0.15, -0.1) is 0 Å². The van der Waals surface area contributed by atoms with E-state index in [0.717, 1.165) is 37.2 Å². The van der Waals surface area contributed by atoms with E-state index in [2.05, 4.69) is 4.90 Å². The molecule has 0 saturated carbocycles. The molecule has 2 aromatic rings. The van der Waals surface area contributed by atoms with Crippen molar-refractivity contribution in [2.75, 3.05) is 46.5 Å². The predicted octanol–water partition coefficient (Wildman–Crippen LogP) is 3.35. The van der Waals surface area contributed by atoms with Crippen LogP contribution in [-0.4, -0.2) is 73.4 Å². The quantitative estimate of drug-likeness (QED) is 0.440. The molecule has 1 N–H and O–H groups in total. The maximum Gasteiger partial charge on any atom is 0.222 e. The zero-order valence-corrected chi connectivity index (χ0v) is 19.7. The van der Waals surface area contributed by atoms with Crippen LogP contribution in [0.25, 0.3) is 0 Å². The Bertz CT molecular complexity index is 858. The van der Waals surface area contributed by atoms with Crippen molar-refractivity contribution in [3.05, 3.63) is 54.1 Å². The van der Waals surface area contributed by atoms with Gasteiger partial charge in [0.2, 0.25) is 5.91 Å². The molecule has 0 radical (unpaired) electrons. The van der Waals surface area contributed by atoms with E-state index in [1.54, 1.807) is 0 Å². The summed E-state index contributed by atoms with van der Waals surface area (Å²) in [5.41, 5.74) is 1.14. The van der Waals surface area contributed by atoms with Crippen LogP contribution >= 0.6 is 0 Å². The molecular weight excluding hydrogens is 420 g/mol. The number of aliphatic hydroxyl groups excluding tert-OH is 1. The number of carbonyl (C=O) groups excluding carboxylic acids is 1. The lowest BCUT2D eigenvalue weighted by Crippen LogP contribution is -2.32. The van der Waals surface area contributed by atoms with Gasteiger partial charge in [0.15, 0.2) is 11.5 Å². The minimum atomic E-state index is -0.616. The molecule has 0 spiro atoms. The topological polar surface area (TPSA) is 71.5 Å². The number of benzene rings is 2. The maximum absolute atomic E-state index is 11.6. The Hall–Kier alpha value is -2.77. The van der Waals surface area contributed by atoms with E-state index in [1.165, 1.54) is 0 Å². The number of ether oxygens (including phenoxy) is 3.